The maximum absolute atomic E-state index is 12.6. The molecule has 4 saturated carbocycles. The number of fused-ring (bicyclic) bond motifs is 5. The molecule has 0 aromatic rings. The number of likely N-dealkylation sites (tertiary alicyclic amines) is 2. The molecular formula is C37H59N2O6+. The zero-order chi connectivity index (χ0) is 31.6. The van der Waals surface area contributed by atoms with Crippen molar-refractivity contribution >= 4 is 11.9 Å². The molecule has 0 aromatic carbocycles. The summed E-state index contributed by atoms with van der Waals surface area (Å²) in [6, 6.07) is 0.596. The summed E-state index contributed by atoms with van der Waals surface area (Å²) in [4.78, 5) is 27.6. The van der Waals surface area contributed by atoms with Crippen LogP contribution in [0.5, 0.6) is 0 Å². The lowest BCUT2D eigenvalue weighted by atomic mass is 9.44. The number of piperidine rings is 1. The Hall–Kier alpha value is -1.48. The number of rotatable bonds is 6. The van der Waals surface area contributed by atoms with E-state index in [0.717, 1.165) is 62.6 Å². The molecule has 0 unspecified atom stereocenters. The van der Waals surface area contributed by atoms with Crippen molar-refractivity contribution < 1.29 is 33.0 Å². The molecule has 8 heteroatoms. The predicted molar refractivity (Wildman–Crippen MR) is 171 cm³/mol. The van der Waals surface area contributed by atoms with Crippen LogP contribution in [0.1, 0.15) is 98.3 Å². The minimum atomic E-state index is -0.406. The van der Waals surface area contributed by atoms with Gasteiger partial charge in [-0.2, -0.15) is 0 Å². The lowest BCUT2D eigenvalue weighted by Gasteiger charge is -2.62. The third-order valence-electron chi connectivity index (χ3n) is 14.7. The molecule has 0 aromatic heterocycles. The Morgan fingerprint density at radius 2 is 1.60 bits per heavy atom. The molecule has 3 aliphatic heterocycles. The van der Waals surface area contributed by atoms with Gasteiger partial charge in [-0.25, -0.2) is 0 Å². The summed E-state index contributed by atoms with van der Waals surface area (Å²) in [6.07, 6.45) is 14.3. The van der Waals surface area contributed by atoms with E-state index in [9.17, 15) is 9.59 Å². The van der Waals surface area contributed by atoms with Crippen molar-refractivity contribution in [2.24, 2.45) is 34.5 Å². The first-order valence-electron chi connectivity index (χ1n) is 18.4. The van der Waals surface area contributed by atoms with Gasteiger partial charge in [-0.15, -0.1) is 0 Å². The number of carbonyl (C=O) groups is 2. The molecule has 10 atom stereocenters. The van der Waals surface area contributed by atoms with Gasteiger partial charge < -0.3 is 23.4 Å². The summed E-state index contributed by atoms with van der Waals surface area (Å²) in [5.74, 6) is 1.76. The van der Waals surface area contributed by atoms with E-state index in [1.54, 1.807) is 13.8 Å². The standard InChI is InChI=1S/C37H59N2O6/c1-6-17-39(18-7-8-19-39)32-23-30-28-10-9-27-22-33(44-25(2)40)31(38-15-13-37(14-16-38)42-20-21-43-37)24-36(27,5)29(28)11-12-35(30,4)34(32)45-26(3)41/h6,27-34H,1,7-24H2,2-5H3/q+1/t27-,28-,29-,30-,31+,32+,33-,34+,35+,36+/m1/s1. The number of carbonyl (C=O) groups excluding carboxylic acids is 2. The Kier molecular flexibility index (Phi) is 8.48. The summed E-state index contributed by atoms with van der Waals surface area (Å²) in [5.41, 5.74) is 0.226. The molecule has 4 aliphatic carbocycles. The van der Waals surface area contributed by atoms with Crippen LogP contribution < -0.4 is 0 Å². The molecule has 0 bridgehead atoms. The van der Waals surface area contributed by atoms with Crippen molar-refractivity contribution in [3.63, 3.8) is 0 Å². The lowest BCUT2D eigenvalue weighted by molar-refractivity contribution is -0.937. The molecule has 1 spiro atoms. The summed E-state index contributed by atoms with van der Waals surface area (Å²) >= 11 is 0. The smallest absolute Gasteiger partial charge is 0.303 e. The second-order valence-electron chi connectivity index (χ2n) is 16.7. The highest BCUT2D eigenvalue weighted by atomic mass is 16.7. The molecule has 45 heavy (non-hydrogen) atoms. The first-order chi connectivity index (χ1) is 21.5. The molecule has 7 aliphatic rings. The topological polar surface area (TPSA) is 74.3 Å². The third-order valence-corrected chi connectivity index (χ3v) is 14.7. The van der Waals surface area contributed by atoms with Crippen LogP contribution in [0.3, 0.4) is 0 Å². The lowest BCUT2D eigenvalue weighted by Crippen LogP contribution is -2.62. The van der Waals surface area contributed by atoms with Crippen molar-refractivity contribution in [2.45, 2.75) is 128 Å². The third kappa shape index (κ3) is 5.32. The summed E-state index contributed by atoms with van der Waals surface area (Å²) in [6.45, 7) is 19.0. The van der Waals surface area contributed by atoms with E-state index in [1.807, 2.05) is 0 Å². The number of ether oxygens (including phenoxy) is 4. The Labute approximate surface area is 271 Å². The molecule has 0 amide bonds. The fourth-order valence-electron chi connectivity index (χ4n) is 12.7. The average Bonchev–Trinajstić information content (AvgIpc) is 3.72. The zero-order valence-electron chi connectivity index (χ0n) is 28.5. The van der Waals surface area contributed by atoms with Crippen LogP contribution in [-0.4, -0.2) is 97.3 Å². The minimum Gasteiger partial charge on any atom is -0.461 e. The van der Waals surface area contributed by atoms with Gasteiger partial charge in [0, 0.05) is 70.5 Å². The molecule has 3 saturated heterocycles. The number of quaternary nitrogens is 1. The van der Waals surface area contributed by atoms with Crippen LogP contribution in [-0.2, 0) is 28.5 Å². The molecule has 8 nitrogen and oxygen atoms in total. The molecule has 0 N–H and O–H groups in total. The largest absolute Gasteiger partial charge is 0.461 e. The molecule has 3 heterocycles. The highest BCUT2D eigenvalue weighted by Crippen LogP contribution is 2.68. The van der Waals surface area contributed by atoms with Crippen LogP contribution in [0.15, 0.2) is 12.7 Å². The van der Waals surface area contributed by atoms with E-state index in [0.29, 0.717) is 42.9 Å². The van der Waals surface area contributed by atoms with Crippen molar-refractivity contribution in [3.8, 4) is 0 Å². The Morgan fingerprint density at radius 1 is 0.911 bits per heavy atom. The van der Waals surface area contributed by atoms with E-state index in [4.69, 9.17) is 18.9 Å². The molecule has 7 rings (SSSR count). The fraction of sp³-hybridized carbons (Fsp3) is 0.892. The van der Waals surface area contributed by atoms with Crippen LogP contribution in [0.2, 0.25) is 0 Å². The highest BCUT2D eigenvalue weighted by molar-refractivity contribution is 5.66. The van der Waals surface area contributed by atoms with E-state index in [2.05, 4.69) is 31.4 Å². The van der Waals surface area contributed by atoms with Gasteiger partial charge in [0.05, 0.1) is 32.8 Å². The monoisotopic (exact) mass is 627 g/mol. The summed E-state index contributed by atoms with van der Waals surface area (Å²) in [7, 11) is 0. The number of nitrogens with zero attached hydrogens (tertiary/aromatic N) is 2. The first kappa shape index (κ1) is 32.1. The van der Waals surface area contributed by atoms with Gasteiger partial charge in [0.1, 0.15) is 12.1 Å². The SMILES string of the molecule is C=CC[N+]1([C@H]2C[C@@H]3[C@@H]4CC[C@@H]5C[C@@H](OC(C)=O)[C@@H](N6CCC7(CC6)OCCO7)C[C@]5(C)[C@@H]4CC[C@]3(C)[C@H]2OC(C)=O)CCCC1. The van der Waals surface area contributed by atoms with Crippen molar-refractivity contribution in [1.29, 1.82) is 0 Å². The van der Waals surface area contributed by atoms with Gasteiger partial charge in [0.25, 0.3) is 0 Å². The van der Waals surface area contributed by atoms with Gasteiger partial charge in [-0.1, -0.05) is 20.4 Å². The Balaban J connectivity index is 1.16. The van der Waals surface area contributed by atoms with Crippen molar-refractivity contribution in [3.05, 3.63) is 12.7 Å². The second-order valence-corrected chi connectivity index (χ2v) is 16.7. The van der Waals surface area contributed by atoms with E-state index < -0.39 is 5.79 Å². The maximum atomic E-state index is 12.6. The average molecular weight is 628 g/mol. The molecule has 252 valence electrons. The number of esters is 2. The van der Waals surface area contributed by atoms with Crippen LogP contribution in [0, 0.1) is 34.5 Å². The molecular weight excluding hydrogens is 568 g/mol. The summed E-state index contributed by atoms with van der Waals surface area (Å²) < 4.78 is 25.7. The molecule has 7 fully saturated rings. The van der Waals surface area contributed by atoms with E-state index in [-0.39, 0.29) is 41.0 Å². The number of hydrogen-bond acceptors (Lipinski definition) is 7. The number of hydrogen-bond donors (Lipinski definition) is 0. The van der Waals surface area contributed by atoms with Crippen LogP contribution in [0.4, 0.5) is 0 Å². The van der Waals surface area contributed by atoms with Gasteiger partial charge in [-0.05, 0) is 73.7 Å². The maximum Gasteiger partial charge on any atom is 0.303 e. The van der Waals surface area contributed by atoms with Gasteiger partial charge in [-0.3, -0.25) is 14.5 Å². The highest BCUT2D eigenvalue weighted by Gasteiger charge is 2.68. The quantitative estimate of drug-likeness (QED) is 0.219. The van der Waals surface area contributed by atoms with Crippen molar-refractivity contribution in [2.75, 3.05) is 45.9 Å². The Bertz CT molecular complexity index is 1140. The molecule has 0 radical (unpaired) electrons. The second kappa shape index (κ2) is 11.9. The zero-order valence-corrected chi connectivity index (χ0v) is 28.5. The van der Waals surface area contributed by atoms with Crippen LogP contribution >= 0.6 is 0 Å². The van der Waals surface area contributed by atoms with Gasteiger partial charge >= 0.3 is 11.9 Å². The van der Waals surface area contributed by atoms with E-state index >= 15 is 0 Å². The minimum absolute atomic E-state index is 0.0160. The normalized spacial score (nSPS) is 45.3. The van der Waals surface area contributed by atoms with Crippen LogP contribution in [0.25, 0.3) is 0 Å². The Morgan fingerprint density at radius 3 is 2.24 bits per heavy atom. The van der Waals surface area contributed by atoms with Gasteiger partial charge in [0.15, 0.2) is 11.9 Å². The summed E-state index contributed by atoms with van der Waals surface area (Å²) in [5, 5.41) is 0. The predicted octanol–water partition coefficient (Wildman–Crippen LogP) is 5.49. The first-order valence-corrected chi connectivity index (χ1v) is 18.4. The fourth-order valence-corrected chi connectivity index (χ4v) is 12.7. The van der Waals surface area contributed by atoms with Crippen molar-refractivity contribution in [1.82, 2.24) is 4.90 Å². The van der Waals surface area contributed by atoms with Gasteiger partial charge in [0.2, 0.25) is 0 Å². The van der Waals surface area contributed by atoms with E-state index in [1.165, 1.54) is 45.2 Å².